The van der Waals surface area contributed by atoms with Crippen molar-refractivity contribution in [1.29, 1.82) is 0 Å². The number of hydrogen-bond acceptors (Lipinski definition) is 4. The summed E-state index contributed by atoms with van der Waals surface area (Å²) in [5, 5.41) is 2.75. The van der Waals surface area contributed by atoms with Gasteiger partial charge in [0.05, 0.1) is 6.42 Å². The van der Waals surface area contributed by atoms with Gasteiger partial charge in [0, 0.05) is 50.2 Å². The number of anilines is 1. The van der Waals surface area contributed by atoms with Gasteiger partial charge in [-0.15, -0.1) is 0 Å². The van der Waals surface area contributed by atoms with E-state index in [-0.39, 0.29) is 17.9 Å². The van der Waals surface area contributed by atoms with Crippen molar-refractivity contribution in [3.63, 3.8) is 0 Å². The third-order valence-electron chi connectivity index (χ3n) is 6.04. The molecule has 160 valence electrons. The van der Waals surface area contributed by atoms with Crippen LogP contribution in [0.15, 0.2) is 30.5 Å². The second kappa shape index (κ2) is 9.00. The lowest BCUT2D eigenvalue weighted by molar-refractivity contribution is -0.131. The fourth-order valence-corrected chi connectivity index (χ4v) is 4.53. The Hall–Kier alpha value is -2.67. The Morgan fingerprint density at radius 2 is 1.90 bits per heavy atom. The van der Waals surface area contributed by atoms with E-state index >= 15 is 0 Å². The first-order valence-electron chi connectivity index (χ1n) is 10.8. The minimum atomic E-state index is -0.0996. The SMILES string of the molecule is CC(=O)Nc1ccc(CC(=O)N2CCC(n3c(C)cnc3C3CCCO3)CC2)cc1. The second-order valence-corrected chi connectivity index (χ2v) is 8.30. The smallest absolute Gasteiger partial charge is 0.226 e. The highest BCUT2D eigenvalue weighted by Crippen LogP contribution is 2.33. The van der Waals surface area contributed by atoms with Crippen molar-refractivity contribution in [2.24, 2.45) is 0 Å². The number of amides is 2. The number of rotatable bonds is 5. The fourth-order valence-electron chi connectivity index (χ4n) is 4.53. The normalized spacial score (nSPS) is 19.8. The van der Waals surface area contributed by atoms with Gasteiger partial charge in [0.25, 0.3) is 0 Å². The van der Waals surface area contributed by atoms with Gasteiger partial charge < -0.3 is 19.5 Å². The molecule has 7 heteroatoms. The fraction of sp³-hybridized carbons (Fsp3) is 0.522. The highest BCUT2D eigenvalue weighted by Gasteiger charge is 2.30. The summed E-state index contributed by atoms with van der Waals surface area (Å²) >= 11 is 0. The topological polar surface area (TPSA) is 76.5 Å². The number of aromatic nitrogens is 2. The third kappa shape index (κ3) is 4.56. The van der Waals surface area contributed by atoms with Crippen LogP contribution in [0.2, 0.25) is 0 Å². The summed E-state index contributed by atoms with van der Waals surface area (Å²) in [5.74, 6) is 1.11. The van der Waals surface area contributed by atoms with E-state index in [1.807, 2.05) is 35.4 Å². The van der Waals surface area contributed by atoms with Crippen LogP contribution in [0.3, 0.4) is 0 Å². The molecule has 1 aromatic heterocycles. The number of nitrogens with one attached hydrogen (secondary N) is 1. The van der Waals surface area contributed by atoms with E-state index in [1.165, 1.54) is 12.6 Å². The molecule has 0 aliphatic carbocycles. The molecule has 0 saturated carbocycles. The van der Waals surface area contributed by atoms with E-state index in [0.717, 1.165) is 62.5 Å². The number of aryl methyl sites for hydroxylation is 1. The summed E-state index contributed by atoms with van der Waals surface area (Å²) < 4.78 is 8.21. The highest BCUT2D eigenvalue weighted by molar-refractivity contribution is 5.88. The Morgan fingerprint density at radius 1 is 1.17 bits per heavy atom. The molecule has 2 aliphatic rings. The first-order valence-corrected chi connectivity index (χ1v) is 10.8. The lowest BCUT2D eigenvalue weighted by Gasteiger charge is -2.34. The molecule has 7 nitrogen and oxygen atoms in total. The number of carbonyl (C=O) groups excluding carboxylic acids is 2. The Kier molecular flexibility index (Phi) is 6.18. The van der Waals surface area contributed by atoms with Crippen LogP contribution in [-0.4, -0.2) is 46.0 Å². The molecule has 2 fully saturated rings. The number of carbonyl (C=O) groups is 2. The zero-order valence-electron chi connectivity index (χ0n) is 17.8. The van der Waals surface area contributed by atoms with E-state index in [1.54, 1.807) is 0 Å². The molecule has 2 aromatic rings. The number of imidazole rings is 1. The lowest BCUT2D eigenvalue weighted by Crippen LogP contribution is -2.40. The van der Waals surface area contributed by atoms with Crippen LogP contribution in [-0.2, 0) is 20.7 Å². The summed E-state index contributed by atoms with van der Waals surface area (Å²) in [5.41, 5.74) is 2.88. The summed E-state index contributed by atoms with van der Waals surface area (Å²) in [6, 6.07) is 7.85. The minimum absolute atomic E-state index is 0.0996. The molecule has 1 atom stereocenters. The van der Waals surface area contributed by atoms with Gasteiger partial charge in [-0.3, -0.25) is 9.59 Å². The molecule has 1 N–H and O–H groups in total. The molecular formula is C23H30N4O3. The van der Waals surface area contributed by atoms with Crippen molar-refractivity contribution in [1.82, 2.24) is 14.5 Å². The maximum atomic E-state index is 12.8. The molecule has 3 heterocycles. The predicted octanol–water partition coefficient (Wildman–Crippen LogP) is 3.41. The zero-order chi connectivity index (χ0) is 21.1. The first kappa shape index (κ1) is 20.6. The summed E-state index contributed by atoms with van der Waals surface area (Å²) in [6.07, 6.45) is 6.44. The third-order valence-corrected chi connectivity index (χ3v) is 6.04. The molecule has 4 rings (SSSR count). The van der Waals surface area contributed by atoms with Crippen molar-refractivity contribution in [3.05, 3.63) is 47.5 Å². The van der Waals surface area contributed by atoms with Crippen molar-refractivity contribution in [2.75, 3.05) is 25.0 Å². The van der Waals surface area contributed by atoms with E-state index < -0.39 is 0 Å². The first-order chi connectivity index (χ1) is 14.5. The standard InChI is InChI=1S/C23H30N4O3/c1-16-15-24-23(21-4-3-13-30-21)27(16)20-9-11-26(12-10-20)22(29)14-18-5-7-19(8-6-18)25-17(2)28/h5-8,15,20-21H,3-4,9-14H2,1-2H3,(H,25,28). The number of likely N-dealkylation sites (tertiary alicyclic amines) is 1. The van der Waals surface area contributed by atoms with Crippen LogP contribution < -0.4 is 5.32 Å². The zero-order valence-corrected chi connectivity index (χ0v) is 17.8. The van der Waals surface area contributed by atoms with Gasteiger partial charge in [0.15, 0.2) is 0 Å². The van der Waals surface area contributed by atoms with E-state index in [9.17, 15) is 9.59 Å². The van der Waals surface area contributed by atoms with Crippen molar-refractivity contribution < 1.29 is 14.3 Å². The van der Waals surface area contributed by atoms with Gasteiger partial charge in [-0.1, -0.05) is 12.1 Å². The quantitative estimate of drug-likeness (QED) is 0.820. The molecular weight excluding hydrogens is 380 g/mol. The molecule has 1 aromatic carbocycles. The van der Waals surface area contributed by atoms with Crippen LogP contribution in [0.4, 0.5) is 5.69 Å². The number of benzene rings is 1. The van der Waals surface area contributed by atoms with Gasteiger partial charge in [0.1, 0.15) is 11.9 Å². The van der Waals surface area contributed by atoms with Gasteiger partial charge in [-0.05, 0) is 50.3 Å². The Labute approximate surface area is 177 Å². The van der Waals surface area contributed by atoms with Crippen LogP contribution >= 0.6 is 0 Å². The van der Waals surface area contributed by atoms with Crippen LogP contribution in [0.5, 0.6) is 0 Å². The van der Waals surface area contributed by atoms with Crippen molar-refractivity contribution >= 4 is 17.5 Å². The molecule has 0 spiro atoms. The second-order valence-electron chi connectivity index (χ2n) is 8.30. The van der Waals surface area contributed by atoms with Crippen molar-refractivity contribution in [3.8, 4) is 0 Å². The van der Waals surface area contributed by atoms with Crippen LogP contribution in [0.25, 0.3) is 0 Å². The van der Waals surface area contributed by atoms with E-state index in [0.29, 0.717) is 12.5 Å². The highest BCUT2D eigenvalue weighted by atomic mass is 16.5. The molecule has 1 unspecified atom stereocenters. The van der Waals surface area contributed by atoms with Crippen LogP contribution in [0.1, 0.15) is 61.8 Å². The molecule has 0 bridgehead atoms. The molecule has 0 radical (unpaired) electrons. The number of nitrogens with zero attached hydrogens (tertiary/aromatic N) is 3. The lowest BCUT2D eigenvalue weighted by atomic mass is 10.0. The summed E-state index contributed by atoms with van der Waals surface area (Å²) in [6.45, 7) is 5.92. The molecule has 2 aliphatic heterocycles. The number of hydrogen-bond donors (Lipinski definition) is 1. The maximum Gasteiger partial charge on any atom is 0.226 e. The van der Waals surface area contributed by atoms with E-state index in [4.69, 9.17) is 4.74 Å². The minimum Gasteiger partial charge on any atom is -0.370 e. The monoisotopic (exact) mass is 410 g/mol. The van der Waals surface area contributed by atoms with Crippen molar-refractivity contribution in [2.45, 2.75) is 58.1 Å². The Morgan fingerprint density at radius 3 is 2.53 bits per heavy atom. The maximum absolute atomic E-state index is 12.8. The number of piperidine rings is 1. The van der Waals surface area contributed by atoms with Gasteiger partial charge >= 0.3 is 0 Å². The Bertz CT molecular complexity index is 892. The Balaban J connectivity index is 1.34. The molecule has 30 heavy (non-hydrogen) atoms. The molecule has 2 amide bonds. The van der Waals surface area contributed by atoms with Gasteiger partial charge in [-0.25, -0.2) is 4.98 Å². The van der Waals surface area contributed by atoms with Crippen LogP contribution in [0, 0.1) is 6.92 Å². The van der Waals surface area contributed by atoms with Gasteiger partial charge in [-0.2, -0.15) is 0 Å². The van der Waals surface area contributed by atoms with E-state index in [2.05, 4.69) is 21.8 Å². The average Bonchev–Trinajstić information content (AvgIpc) is 3.39. The summed E-state index contributed by atoms with van der Waals surface area (Å²) in [7, 11) is 0. The predicted molar refractivity (Wildman–Crippen MR) is 114 cm³/mol. The summed E-state index contributed by atoms with van der Waals surface area (Å²) in [4.78, 5) is 30.5. The van der Waals surface area contributed by atoms with Gasteiger partial charge in [0.2, 0.25) is 11.8 Å². The number of ether oxygens (including phenoxy) is 1. The molecule has 2 saturated heterocycles. The largest absolute Gasteiger partial charge is 0.370 e. The average molecular weight is 411 g/mol.